The van der Waals surface area contributed by atoms with Gasteiger partial charge in [-0.05, 0) is 18.4 Å². The van der Waals surface area contributed by atoms with Crippen molar-refractivity contribution in [1.82, 2.24) is 25.1 Å². The van der Waals surface area contributed by atoms with Gasteiger partial charge in [0.15, 0.2) is 10.8 Å². The monoisotopic (exact) mass is 332 g/mol. The van der Waals surface area contributed by atoms with Crippen molar-refractivity contribution < 1.29 is 4.79 Å². The summed E-state index contributed by atoms with van der Waals surface area (Å²) in [6.07, 6.45) is 5.23. The molecule has 22 heavy (non-hydrogen) atoms. The van der Waals surface area contributed by atoms with Gasteiger partial charge in [0.2, 0.25) is 5.91 Å². The largest absolute Gasteiger partial charge is 0.324 e. The lowest BCUT2D eigenvalue weighted by Crippen LogP contribution is -2.14. The molecule has 0 aliphatic carbocycles. The molecule has 112 valence electrons. The molecule has 0 aliphatic heterocycles. The Bertz CT molecular complexity index is 753. The molecule has 0 aliphatic rings. The van der Waals surface area contributed by atoms with Crippen molar-refractivity contribution >= 4 is 34.7 Å². The molecule has 3 heterocycles. The quantitative estimate of drug-likeness (QED) is 0.696. The summed E-state index contributed by atoms with van der Waals surface area (Å²) >= 11 is 2.97. The lowest BCUT2D eigenvalue weighted by atomic mass is 10.3. The molecule has 0 saturated heterocycles. The third-order valence-corrected chi connectivity index (χ3v) is 4.30. The SMILES string of the molecule is CSc1ccc(NC(=O)Cc2csc(-c3ncn[nH]3)n2)cn1. The van der Waals surface area contributed by atoms with Crippen LogP contribution in [-0.2, 0) is 11.2 Å². The summed E-state index contributed by atoms with van der Waals surface area (Å²) in [7, 11) is 0. The smallest absolute Gasteiger partial charge is 0.230 e. The molecule has 0 saturated carbocycles. The fourth-order valence-electron chi connectivity index (χ4n) is 1.75. The highest BCUT2D eigenvalue weighted by Gasteiger charge is 2.11. The highest BCUT2D eigenvalue weighted by molar-refractivity contribution is 7.98. The van der Waals surface area contributed by atoms with E-state index >= 15 is 0 Å². The minimum atomic E-state index is -0.131. The summed E-state index contributed by atoms with van der Waals surface area (Å²) in [6.45, 7) is 0. The second-order valence-corrected chi connectivity index (χ2v) is 5.98. The van der Waals surface area contributed by atoms with Gasteiger partial charge in [0.05, 0.1) is 29.0 Å². The molecule has 1 amide bonds. The molecule has 0 fully saturated rings. The standard InChI is InChI=1S/C13H12N6OS2/c1-21-11-3-2-8(5-14-11)17-10(20)4-9-6-22-13(18-9)12-15-7-16-19-12/h2-3,5-7H,4H2,1H3,(H,17,20)(H,15,16,19). The summed E-state index contributed by atoms with van der Waals surface area (Å²) in [5.74, 6) is 0.474. The Balaban J connectivity index is 1.61. The lowest BCUT2D eigenvalue weighted by Gasteiger charge is -2.04. The Kier molecular flexibility index (Phi) is 4.45. The van der Waals surface area contributed by atoms with Crippen molar-refractivity contribution in [1.29, 1.82) is 0 Å². The summed E-state index contributed by atoms with van der Waals surface area (Å²) in [6, 6.07) is 3.70. The van der Waals surface area contributed by atoms with Crippen molar-refractivity contribution in [3.05, 3.63) is 35.7 Å². The highest BCUT2D eigenvalue weighted by atomic mass is 32.2. The zero-order valence-electron chi connectivity index (χ0n) is 11.6. The van der Waals surface area contributed by atoms with Crippen molar-refractivity contribution in [2.75, 3.05) is 11.6 Å². The van der Waals surface area contributed by atoms with Gasteiger partial charge in [-0.25, -0.2) is 15.0 Å². The zero-order chi connectivity index (χ0) is 15.4. The minimum Gasteiger partial charge on any atom is -0.324 e. The molecular formula is C13H12N6OS2. The van der Waals surface area contributed by atoms with Crippen LogP contribution < -0.4 is 5.32 Å². The van der Waals surface area contributed by atoms with E-state index in [0.29, 0.717) is 22.2 Å². The van der Waals surface area contributed by atoms with E-state index in [2.05, 4.69) is 30.5 Å². The average Bonchev–Trinajstić information content (AvgIpc) is 3.19. The molecular weight excluding hydrogens is 320 g/mol. The van der Waals surface area contributed by atoms with Gasteiger partial charge in [0, 0.05) is 5.38 Å². The first-order chi connectivity index (χ1) is 10.7. The number of aromatic amines is 1. The number of carbonyl (C=O) groups is 1. The number of aromatic nitrogens is 5. The van der Waals surface area contributed by atoms with Crippen molar-refractivity contribution in [2.45, 2.75) is 11.4 Å². The molecule has 0 spiro atoms. The van der Waals surface area contributed by atoms with E-state index < -0.39 is 0 Å². The number of thiazole rings is 1. The van der Waals surface area contributed by atoms with Crippen LogP contribution in [-0.4, -0.2) is 37.3 Å². The molecule has 7 nitrogen and oxygen atoms in total. The number of rotatable bonds is 5. The van der Waals surface area contributed by atoms with Crippen molar-refractivity contribution in [3.63, 3.8) is 0 Å². The number of pyridine rings is 1. The van der Waals surface area contributed by atoms with E-state index in [9.17, 15) is 4.79 Å². The molecule has 3 aromatic heterocycles. The summed E-state index contributed by atoms with van der Waals surface area (Å²) in [5, 5.41) is 12.8. The number of hydrogen-bond donors (Lipinski definition) is 2. The van der Waals surface area contributed by atoms with Gasteiger partial charge in [0.25, 0.3) is 0 Å². The number of carbonyl (C=O) groups excluding carboxylic acids is 1. The van der Waals surface area contributed by atoms with Crippen molar-refractivity contribution in [2.24, 2.45) is 0 Å². The van der Waals surface area contributed by atoms with Crippen LogP contribution in [0, 0.1) is 0 Å². The normalized spacial score (nSPS) is 10.6. The van der Waals surface area contributed by atoms with Crippen LogP contribution in [0.1, 0.15) is 5.69 Å². The van der Waals surface area contributed by atoms with Gasteiger partial charge in [0.1, 0.15) is 6.33 Å². The van der Waals surface area contributed by atoms with E-state index in [1.807, 2.05) is 23.8 Å². The topological polar surface area (TPSA) is 96.5 Å². The van der Waals surface area contributed by atoms with Gasteiger partial charge in [-0.3, -0.25) is 9.89 Å². The third-order valence-electron chi connectivity index (χ3n) is 2.74. The molecule has 3 rings (SSSR count). The van der Waals surface area contributed by atoms with Gasteiger partial charge in [-0.1, -0.05) is 0 Å². The third kappa shape index (κ3) is 3.49. The summed E-state index contributed by atoms with van der Waals surface area (Å²) in [4.78, 5) is 24.6. The molecule has 0 unspecified atom stereocenters. The van der Waals surface area contributed by atoms with Crippen LogP contribution in [0.2, 0.25) is 0 Å². The molecule has 2 N–H and O–H groups in total. The summed E-state index contributed by atoms with van der Waals surface area (Å²) < 4.78 is 0. The number of H-pyrrole nitrogens is 1. The number of nitrogens with zero attached hydrogens (tertiary/aromatic N) is 4. The number of nitrogens with one attached hydrogen (secondary N) is 2. The Morgan fingerprint density at radius 1 is 1.41 bits per heavy atom. The first kappa shape index (κ1) is 14.7. The highest BCUT2D eigenvalue weighted by Crippen LogP contribution is 2.20. The summed E-state index contributed by atoms with van der Waals surface area (Å²) in [5.41, 5.74) is 1.37. The fourth-order valence-corrected chi connectivity index (χ4v) is 2.88. The Labute approximate surface area is 134 Å². The van der Waals surface area contributed by atoms with Crippen LogP contribution in [0.15, 0.2) is 35.1 Å². The second-order valence-electron chi connectivity index (χ2n) is 4.29. The molecule has 0 aromatic carbocycles. The molecule has 3 aromatic rings. The lowest BCUT2D eigenvalue weighted by molar-refractivity contribution is -0.115. The predicted octanol–water partition coefficient (Wildman–Crippen LogP) is 2.23. The Morgan fingerprint density at radius 3 is 3.00 bits per heavy atom. The number of thioether (sulfide) groups is 1. The van der Waals surface area contributed by atoms with Crippen LogP contribution in [0.4, 0.5) is 5.69 Å². The maximum absolute atomic E-state index is 12.0. The van der Waals surface area contributed by atoms with Crippen LogP contribution in [0.5, 0.6) is 0 Å². The van der Waals surface area contributed by atoms with E-state index in [4.69, 9.17) is 0 Å². The van der Waals surface area contributed by atoms with Crippen LogP contribution in [0.3, 0.4) is 0 Å². The molecule has 0 atom stereocenters. The molecule has 9 heteroatoms. The number of hydrogen-bond acceptors (Lipinski definition) is 7. The predicted molar refractivity (Wildman–Crippen MR) is 85.8 cm³/mol. The Hall–Kier alpha value is -2.26. The van der Waals surface area contributed by atoms with Gasteiger partial charge >= 0.3 is 0 Å². The van der Waals surface area contributed by atoms with Crippen LogP contribution >= 0.6 is 23.1 Å². The van der Waals surface area contributed by atoms with Crippen LogP contribution in [0.25, 0.3) is 10.8 Å². The van der Waals surface area contributed by atoms with Gasteiger partial charge in [-0.15, -0.1) is 23.1 Å². The van der Waals surface area contributed by atoms with E-state index in [1.165, 1.54) is 17.7 Å². The number of amides is 1. The number of anilines is 1. The average molecular weight is 332 g/mol. The zero-order valence-corrected chi connectivity index (χ0v) is 13.2. The maximum Gasteiger partial charge on any atom is 0.230 e. The maximum atomic E-state index is 12.0. The molecule has 0 bridgehead atoms. The Morgan fingerprint density at radius 2 is 2.32 bits per heavy atom. The first-order valence-electron chi connectivity index (χ1n) is 6.34. The molecule has 0 radical (unpaired) electrons. The van der Waals surface area contributed by atoms with Gasteiger partial charge < -0.3 is 5.32 Å². The van der Waals surface area contributed by atoms with E-state index in [-0.39, 0.29) is 12.3 Å². The van der Waals surface area contributed by atoms with Gasteiger partial charge in [-0.2, -0.15) is 5.10 Å². The van der Waals surface area contributed by atoms with E-state index in [1.54, 1.807) is 18.0 Å². The second kappa shape index (κ2) is 6.67. The minimum absolute atomic E-state index is 0.131. The fraction of sp³-hybridized carbons (Fsp3) is 0.154. The van der Waals surface area contributed by atoms with Crippen molar-refractivity contribution in [3.8, 4) is 10.8 Å². The van der Waals surface area contributed by atoms with E-state index in [0.717, 1.165) is 5.03 Å². The first-order valence-corrected chi connectivity index (χ1v) is 8.45.